The van der Waals surface area contributed by atoms with Crippen molar-refractivity contribution in [3.8, 4) is 0 Å². The van der Waals surface area contributed by atoms with Gasteiger partial charge in [-0.15, -0.1) is 0 Å². The van der Waals surface area contributed by atoms with Crippen LogP contribution in [0, 0.1) is 0 Å². The monoisotopic (exact) mass is 266 g/mol. The number of aromatic nitrogens is 1. The Kier molecular flexibility index (Phi) is 3.00. The number of carboxylic acid groups (broad SMARTS) is 1. The number of nitrogen functional groups attached to an aromatic ring is 1. The summed E-state index contributed by atoms with van der Waals surface area (Å²) in [5.41, 5.74) is 4.29. The summed E-state index contributed by atoms with van der Waals surface area (Å²) in [5.74, 6) is -1.70. The van der Waals surface area contributed by atoms with Crippen molar-refractivity contribution < 1.29 is 18.7 Å². The highest BCUT2D eigenvalue weighted by molar-refractivity contribution is 9.10. The summed E-state index contributed by atoms with van der Waals surface area (Å²) in [4.78, 5) is 14.0. The Morgan fingerprint density at radius 2 is 2.21 bits per heavy atom. The molecule has 0 spiro atoms. The molecule has 1 rings (SSSR count). The molecule has 0 saturated heterocycles. The van der Waals surface area contributed by atoms with Gasteiger partial charge in [0.05, 0.1) is 5.56 Å². The molecule has 14 heavy (non-hydrogen) atoms. The van der Waals surface area contributed by atoms with E-state index in [4.69, 9.17) is 10.8 Å². The molecular formula is C7H5BrF2N2O2. The Labute approximate surface area is 85.9 Å². The number of pyridine rings is 1. The van der Waals surface area contributed by atoms with Gasteiger partial charge in [0.1, 0.15) is 11.4 Å². The van der Waals surface area contributed by atoms with Crippen LogP contribution in [0.2, 0.25) is 0 Å². The number of nitrogens with two attached hydrogens (primary N) is 1. The van der Waals surface area contributed by atoms with Crippen molar-refractivity contribution in [2.24, 2.45) is 0 Å². The van der Waals surface area contributed by atoms with Crippen LogP contribution in [0.15, 0.2) is 10.7 Å². The molecule has 0 aromatic carbocycles. The van der Waals surface area contributed by atoms with Crippen LogP contribution in [0.3, 0.4) is 0 Å². The molecule has 0 bridgehead atoms. The second kappa shape index (κ2) is 3.87. The quantitative estimate of drug-likeness (QED) is 0.859. The first-order chi connectivity index (χ1) is 6.45. The first kappa shape index (κ1) is 10.8. The molecule has 76 valence electrons. The Balaban J connectivity index is 3.41. The zero-order chi connectivity index (χ0) is 10.9. The van der Waals surface area contributed by atoms with E-state index in [0.717, 1.165) is 6.20 Å². The van der Waals surface area contributed by atoms with Crippen LogP contribution in [0.4, 0.5) is 14.6 Å². The summed E-state index contributed by atoms with van der Waals surface area (Å²) in [6, 6.07) is 0. The molecule has 0 unspecified atom stereocenters. The summed E-state index contributed by atoms with van der Waals surface area (Å²) in [6.45, 7) is 0. The van der Waals surface area contributed by atoms with Gasteiger partial charge in [-0.3, -0.25) is 0 Å². The van der Waals surface area contributed by atoms with Crippen LogP contribution >= 0.6 is 15.9 Å². The van der Waals surface area contributed by atoms with Gasteiger partial charge < -0.3 is 10.8 Å². The minimum absolute atomic E-state index is 0.229. The lowest BCUT2D eigenvalue weighted by Crippen LogP contribution is -2.07. The van der Waals surface area contributed by atoms with E-state index >= 15 is 0 Å². The first-order valence-corrected chi connectivity index (χ1v) is 4.19. The van der Waals surface area contributed by atoms with E-state index in [1.165, 1.54) is 0 Å². The number of rotatable bonds is 2. The molecule has 1 aromatic heterocycles. The zero-order valence-electron chi connectivity index (χ0n) is 6.67. The minimum atomic E-state index is -2.80. The summed E-state index contributed by atoms with van der Waals surface area (Å²) >= 11 is 2.75. The number of anilines is 1. The third-order valence-electron chi connectivity index (χ3n) is 1.52. The second-order valence-electron chi connectivity index (χ2n) is 2.39. The van der Waals surface area contributed by atoms with Crippen molar-refractivity contribution in [3.05, 3.63) is 21.8 Å². The standard InChI is InChI=1S/C7H5BrF2N2O2/c8-4-2(5(9)10)1-12-6(11)3(4)7(13)14/h1,5H,(H2,11,12)(H,13,14). The Hall–Kier alpha value is -1.24. The van der Waals surface area contributed by atoms with E-state index in [2.05, 4.69) is 20.9 Å². The summed E-state index contributed by atoms with van der Waals surface area (Å²) in [7, 11) is 0. The van der Waals surface area contributed by atoms with Crippen molar-refractivity contribution in [2.75, 3.05) is 5.73 Å². The molecule has 0 amide bonds. The third-order valence-corrected chi connectivity index (χ3v) is 2.38. The van der Waals surface area contributed by atoms with E-state index in [1.807, 2.05) is 0 Å². The third kappa shape index (κ3) is 1.82. The number of hydrogen-bond acceptors (Lipinski definition) is 3. The highest BCUT2D eigenvalue weighted by Crippen LogP contribution is 2.31. The number of carbonyl (C=O) groups is 1. The van der Waals surface area contributed by atoms with Gasteiger partial charge in [-0.1, -0.05) is 0 Å². The molecule has 1 aromatic rings. The van der Waals surface area contributed by atoms with Gasteiger partial charge in [-0.25, -0.2) is 18.6 Å². The summed E-state index contributed by atoms with van der Waals surface area (Å²) in [5, 5.41) is 8.66. The maximum absolute atomic E-state index is 12.3. The van der Waals surface area contributed by atoms with Gasteiger partial charge >= 0.3 is 5.97 Å². The molecular weight excluding hydrogens is 262 g/mol. The summed E-state index contributed by atoms with van der Waals surface area (Å²) < 4.78 is 24.4. The van der Waals surface area contributed by atoms with Gasteiger partial charge in [0.25, 0.3) is 6.43 Å². The molecule has 0 aliphatic rings. The number of hydrogen-bond donors (Lipinski definition) is 2. The second-order valence-corrected chi connectivity index (χ2v) is 3.19. The maximum Gasteiger partial charge on any atom is 0.340 e. The minimum Gasteiger partial charge on any atom is -0.478 e. The maximum atomic E-state index is 12.3. The van der Waals surface area contributed by atoms with Crippen molar-refractivity contribution in [1.82, 2.24) is 4.98 Å². The van der Waals surface area contributed by atoms with E-state index in [9.17, 15) is 13.6 Å². The van der Waals surface area contributed by atoms with Crippen LogP contribution in [0.5, 0.6) is 0 Å². The Morgan fingerprint density at radius 3 is 2.64 bits per heavy atom. The fourth-order valence-corrected chi connectivity index (χ4v) is 1.52. The number of alkyl halides is 2. The van der Waals surface area contributed by atoms with Gasteiger partial charge in [-0.05, 0) is 15.9 Å². The zero-order valence-corrected chi connectivity index (χ0v) is 8.25. The number of halogens is 3. The normalized spacial score (nSPS) is 10.6. The predicted octanol–water partition coefficient (Wildman–Crippen LogP) is 2.06. The van der Waals surface area contributed by atoms with Crippen LogP contribution in [-0.4, -0.2) is 16.1 Å². The topological polar surface area (TPSA) is 76.2 Å². The van der Waals surface area contributed by atoms with E-state index in [-0.39, 0.29) is 10.3 Å². The molecule has 3 N–H and O–H groups in total. The fraction of sp³-hybridized carbons (Fsp3) is 0.143. The molecule has 4 nitrogen and oxygen atoms in total. The average Bonchev–Trinajstić information content (AvgIpc) is 2.02. The van der Waals surface area contributed by atoms with Gasteiger partial charge in [0.15, 0.2) is 0 Å². The van der Waals surface area contributed by atoms with Crippen LogP contribution < -0.4 is 5.73 Å². The van der Waals surface area contributed by atoms with Gasteiger partial charge in [0, 0.05) is 10.7 Å². The molecule has 0 atom stereocenters. The van der Waals surface area contributed by atoms with Crippen LogP contribution in [0.25, 0.3) is 0 Å². The van der Waals surface area contributed by atoms with E-state index in [0.29, 0.717) is 0 Å². The highest BCUT2D eigenvalue weighted by atomic mass is 79.9. The lowest BCUT2D eigenvalue weighted by Gasteiger charge is -2.07. The molecule has 0 aliphatic heterocycles. The Morgan fingerprint density at radius 1 is 1.64 bits per heavy atom. The van der Waals surface area contributed by atoms with Crippen LogP contribution in [-0.2, 0) is 0 Å². The highest BCUT2D eigenvalue weighted by Gasteiger charge is 2.21. The predicted molar refractivity (Wildman–Crippen MR) is 48.3 cm³/mol. The largest absolute Gasteiger partial charge is 0.478 e. The van der Waals surface area contributed by atoms with Crippen molar-refractivity contribution in [1.29, 1.82) is 0 Å². The average molecular weight is 267 g/mol. The summed E-state index contributed by atoms with van der Waals surface area (Å²) in [6.07, 6.45) is -1.95. The first-order valence-electron chi connectivity index (χ1n) is 3.40. The van der Waals surface area contributed by atoms with E-state index < -0.39 is 23.5 Å². The fourth-order valence-electron chi connectivity index (χ4n) is 0.873. The lowest BCUT2D eigenvalue weighted by atomic mass is 10.2. The van der Waals surface area contributed by atoms with Crippen molar-refractivity contribution in [2.45, 2.75) is 6.43 Å². The SMILES string of the molecule is Nc1ncc(C(F)F)c(Br)c1C(=O)O. The number of nitrogens with zero attached hydrogens (tertiary/aromatic N) is 1. The van der Waals surface area contributed by atoms with E-state index in [1.54, 1.807) is 0 Å². The van der Waals surface area contributed by atoms with Crippen molar-refractivity contribution >= 4 is 27.7 Å². The number of carboxylic acids is 1. The molecule has 1 heterocycles. The van der Waals surface area contributed by atoms with Crippen LogP contribution in [0.1, 0.15) is 22.3 Å². The molecule has 0 fully saturated rings. The lowest BCUT2D eigenvalue weighted by molar-refractivity contribution is 0.0696. The van der Waals surface area contributed by atoms with Crippen molar-refractivity contribution in [3.63, 3.8) is 0 Å². The molecule has 0 saturated carbocycles. The smallest absolute Gasteiger partial charge is 0.340 e. The molecule has 0 radical (unpaired) electrons. The Bertz CT molecular complexity index is 384. The van der Waals surface area contributed by atoms with Gasteiger partial charge in [-0.2, -0.15) is 0 Å². The molecule has 7 heteroatoms. The van der Waals surface area contributed by atoms with Gasteiger partial charge in [0.2, 0.25) is 0 Å². The number of aromatic carboxylic acids is 1. The molecule has 0 aliphatic carbocycles.